The van der Waals surface area contributed by atoms with E-state index in [2.05, 4.69) is 4.98 Å². The van der Waals surface area contributed by atoms with Crippen LogP contribution in [0.3, 0.4) is 0 Å². The first-order valence-electron chi connectivity index (χ1n) is 3.17. The Morgan fingerprint density at radius 2 is 2.45 bits per heavy atom. The van der Waals surface area contributed by atoms with Crippen LogP contribution in [0.4, 0.5) is 5.82 Å². The highest BCUT2D eigenvalue weighted by Crippen LogP contribution is 2.11. The van der Waals surface area contributed by atoms with Gasteiger partial charge in [-0.25, -0.2) is 4.79 Å². The molecule has 0 aromatic carbocycles. The van der Waals surface area contributed by atoms with Crippen LogP contribution in [0.5, 0.6) is 0 Å². The van der Waals surface area contributed by atoms with Crippen LogP contribution in [0.15, 0.2) is 11.0 Å². The van der Waals surface area contributed by atoms with E-state index in [0.717, 1.165) is 0 Å². The molecule has 11 heavy (non-hydrogen) atoms. The molecule has 0 spiro atoms. The number of nitrogens with two attached hydrogens (primary N) is 1. The van der Waals surface area contributed by atoms with E-state index < -0.39 is 0 Å². The largest absolute Gasteiger partial charge is 0.382 e. The van der Waals surface area contributed by atoms with E-state index in [1.807, 2.05) is 6.92 Å². The first-order chi connectivity index (χ1) is 5.15. The lowest BCUT2D eigenvalue weighted by Gasteiger charge is -2.01. The zero-order chi connectivity index (χ0) is 8.43. The van der Waals surface area contributed by atoms with Gasteiger partial charge in [-0.3, -0.25) is 4.57 Å². The van der Waals surface area contributed by atoms with Crippen molar-refractivity contribution in [2.24, 2.45) is 0 Å². The van der Waals surface area contributed by atoms with Gasteiger partial charge in [-0.05, 0) is 6.92 Å². The molecule has 0 atom stereocenters. The fourth-order valence-electron chi connectivity index (χ4n) is 0.705. The molecule has 0 aliphatic heterocycles. The molecule has 2 N–H and O–H groups in total. The standard InChI is InChI=1S/C6H8ClN3O/c1-2-10-3-4(7)5(8)9-6(10)11/h3H,2H2,1H3,(H2,8,9,11). The van der Waals surface area contributed by atoms with Crippen LogP contribution in [-0.4, -0.2) is 9.55 Å². The number of hydrogen-bond acceptors (Lipinski definition) is 3. The maximum Gasteiger partial charge on any atom is 0.349 e. The summed E-state index contributed by atoms with van der Waals surface area (Å²) in [5.74, 6) is 0.0846. The number of nitrogen functional groups attached to an aromatic ring is 1. The maximum absolute atomic E-state index is 10.9. The molecule has 60 valence electrons. The number of aryl methyl sites for hydroxylation is 1. The SMILES string of the molecule is CCn1cc(Cl)c(N)nc1=O. The van der Waals surface area contributed by atoms with Crippen molar-refractivity contribution < 1.29 is 0 Å². The molecule has 4 nitrogen and oxygen atoms in total. The lowest BCUT2D eigenvalue weighted by atomic mass is 10.5. The Hall–Kier alpha value is -1.03. The molecule has 0 saturated heterocycles. The van der Waals surface area contributed by atoms with Crippen LogP contribution in [0.25, 0.3) is 0 Å². The molecule has 0 fully saturated rings. The molecule has 0 amide bonds. The van der Waals surface area contributed by atoms with Crippen LogP contribution in [0, 0.1) is 0 Å². The Bertz CT molecular complexity index is 320. The molecule has 1 aromatic heterocycles. The Morgan fingerprint density at radius 1 is 1.82 bits per heavy atom. The Morgan fingerprint density at radius 3 is 3.00 bits per heavy atom. The summed E-state index contributed by atoms with van der Waals surface area (Å²) in [6, 6.07) is 0. The fourth-order valence-corrected chi connectivity index (χ4v) is 0.865. The minimum Gasteiger partial charge on any atom is -0.382 e. The third-order valence-electron chi connectivity index (χ3n) is 1.32. The quantitative estimate of drug-likeness (QED) is 0.673. The maximum atomic E-state index is 10.9. The normalized spacial score (nSPS) is 10.0. The second kappa shape index (κ2) is 2.92. The van der Waals surface area contributed by atoms with Gasteiger partial charge in [0.25, 0.3) is 0 Å². The highest BCUT2D eigenvalue weighted by molar-refractivity contribution is 6.32. The molecule has 1 aromatic rings. The molecule has 0 aliphatic rings. The average Bonchev–Trinajstić information content (AvgIpc) is 1.97. The summed E-state index contributed by atoms with van der Waals surface area (Å²) in [4.78, 5) is 14.4. The van der Waals surface area contributed by atoms with Crippen LogP contribution in [-0.2, 0) is 6.54 Å². The predicted octanol–water partition coefficient (Wildman–Crippen LogP) is 0.499. The zero-order valence-electron chi connectivity index (χ0n) is 6.04. The minimum absolute atomic E-state index is 0.0846. The summed E-state index contributed by atoms with van der Waals surface area (Å²) < 4.78 is 1.39. The van der Waals surface area contributed by atoms with Gasteiger partial charge in [0.15, 0.2) is 0 Å². The number of halogens is 1. The summed E-state index contributed by atoms with van der Waals surface area (Å²) >= 11 is 5.62. The Labute approximate surface area is 68.6 Å². The number of hydrogen-bond donors (Lipinski definition) is 1. The molecule has 0 unspecified atom stereocenters. The summed E-state index contributed by atoms with van der Waals surface area (Å²) in [5.41, 5.74) is 4.92. The van der Waals surface area contributed by atoms with Gasteiger partial charge < -0.3 is 5.73 Å². The summed E-state index contributed by atoms with van der Waals surface area (Å²) in [6.07, 6.45) is 1.48. The van der Waals surface area contributed by atoms with E-state index in [4.69, 9.17) is 17.3 Å². The van der Waals surface area contributed by atoms with E-state index >= 15 is 0 Å². The zero-order valence-corrected chi connectivity index (χ0v) is 6.80. The average molecular weight is 174 g/mol. The van der Waals surface area contributed by atoms with E-state index in [1.165, 1.54) is 10.8 Å². The first-order valence-corrected chi connectivity index (χ1v) is 3.55. The van der Waals surface area contributed by atoms with Crippen LogP contribution in [0.1, 0.15) is 6.92 Å². The first kappa shape index (κ1) is 8.07. The monoisotopic (exact) mass is 173 g/mol. The van der Waals surface area contributed by atoms with Crippen molar-refractivity contribution >= 4 is 17.4 Å². The topological polar surface area (TPSA) is 60.9 Å². The molecular formula is C6H8ClN3O. The van der Waals surface area contributed by atoms with E-state index in [1.54, 1.807) is 0 Å². The van der Waals surface area contributed by atoms with Gasteiger partial charge in [-0.15, -0.1) is 0 Å². The second-order valence-electron chi connectivity index (χ2n) is 2.04. The van der Waals surface area contributed by atoms with Crippen molar-refractivity contribution in [2.75, 3.05) is 5.73 Å². The lowest BCUT2D eigenvalue weighted by molar-refractivity contribution is 0.701. The van der Waals surface area contributed by atoms with Gasteiger partial charge in [0.1, 0.15) is 5.82 Å². The van der Waals surface area contributed by atoms with Gasteiger partial charge in [0, 0.05) is 12.7 Å². The number of rotatable bonds is 1. The van der Waals surface area contributed by atoms with Gasteiger partial charge in [-0.1, -0.05) is 11.6 Å². The molecular weight excluding hydrogens is 166 g/mol. The smallest absolute Gasteiger partial charge is 0.349 e. The molecule has 0 radical (unpaired) electrons. The van der Waals surface area contributed by atoms with E-state index in [0.29, 0.717) is 11.6 Å². The molecule has 5 heteroatoms. The van der Waals surface area contributed by atoms with Gasteiger partial charge in [-0.2, -0.15) is 4.98 Å². The van der Waals surface area contributed by atoms with Crippen molar-refractivity contribution in [3.8, 4) is 0 Å². The van der Waals surface area contributed by atoms with Gasteiger partial charge >= 0.3 is 5.69 Å². The van der Waals surface area contributed by atoms with Crippen molar-refractivity contribution in [1.82, 2.24) is 9.55 Å². The summed E-state index contributed by atoms with van der Waals surface area (Å²) in [6.45, 7) is 2.38. The van der Waals surface area contributed by atoms with Crippen LogP contribution >= 0.6 is 11.6 Å². The third-order valence-corrected chi connectivity index (χ3v) is 1.61. The van der Waals surface area contributed by atoms with E-state index in [-0.39, 0.29) is 11.5 Å². The van der Waals surface area contributed by atoms with Gasteiger partial charge in [0.2, 0.25) is 0 Å². The van der Waals surface area contributed by atoms with Gasteiger partial charge in [0.05, 0.1) is 5.02 Å². The molecule has 1 heterocycles. The summed E-state index contributed by atoms with van der Waals surface area (Å²) in [5, 5.41) is 0.312. The highest BCUT2D eigenvalue weighted by atomic mass is 35.5. The fraction of sp³-hybridized carbons (Fsp3) is 0.333. The van der Waals surface area contributed by atoms with Crippen molar-refractivity contribution in [2.45, 2.75) is 13.5 Å². The number of nitrogens with zero attached hydrogens (tertiary/aromatic N) is 2. The number of anilines is 1. The minimum atomic E-state index is -0.366. The second-order valence-corrected chi connectivity index (χ2v) is 2.45. The van der Waals surface area contributed by atoms with Crippen LogP contribution in [0.2, 0.25) is 5.02 Å². The number of aromatic nitrogens is 2. The lowest BCUT2D eigenvalue weighted by Crippen LogP contribution is -2.22. The predicted molar refractivity (Wildman–Crippen MR) is 43.6 cm³/mol. The Balaban J connectivity index is 3.32. The highest BCUT2D eigenvalue weighted by Gasteiger charge is 2.00. The molecule has 0 aliphatic carbocycles. The third kappa shape index (κ3) is 1.51. The Kier molecular flexibility index (Phi) is 2.14. The molecule has 1 rings (SSSR count). The van der Waals surface area contributed by atoms with Crippen molar-refractivity contribution in [3.63, 3.8) is 0 Å². The molecule has 0 saturated carbocycles. The molecule has 0 bridgehead atoms. The van der Waals surface area contributed by atoms with Crippen molar-refractivity contribution in [3.05, 3.63) is 21.7 Å². The van der Waals surface area contributed by atoms with E-state index in [9.17, 15) is 4.79 Å². The van der Waals surface area contributed by atoms with Crippen LogP contribution < -0.4 is 11.4 Å². The van der Waals surface area contributed by atoms with Crippen molar-refractivity contribution in [1.29, 1.82) is 0 Å². The summed E-state index contributed by atoms with van der Waals surface area (Å²) in [7, 11) is 0.